The molecule has 1 aromatic rings. The Labute approximate surface area is 128 Å². The molecule has 0 unspecified atom stereocenters. The van der Waals surface area contributed by atoms with Crippen LogP contribution >= 0.6 is 0 Å². The molecule has 0 spiro atoms. The Kier molecular flexibility index (Phi) is 5.27. The number of rotatable bonds is 4. The molecule has 0 atom stereocenters. The van der Waals surface area contributed by atoms with Crippen molar-refractivity contribution in [2.45, 2.75) is 52.0 Å². The molecule has 1 saturated carbocycles. The molecule has 1 fully saturated rings. The van der Waals surface area contributed by atoms with Gasteiger partial charge < -0.3 is 10.2 Å². The predicted octanol–water partition coefficient (Wildman–Crippen LogP) is 4.08. The number of nitrogens with zero attached hydrogens (tertiary/aromatic N) is 1. The van der Waals surface area contributed by atoms with Gasteiger partial charge in [-0.05, 0) is 62.3 Å². The zero-order chi connectivity index (χ0) is 15.4. The summed E-state index contributed by atoms with van der Waals surface area (Å²) in [5.74, 6) is 1.02. The number of carbonyl (C=O) groups is 1. The number of benzene rings is 1. The SMILES string of the molecule is CCC1CCC(N(C)C(=O)c2ccc(NC)c(C)c2)CC1. The first-order valence-corrected chi connectivity index (χ1v) is 8.12. The van der Waals surface area contributed by atoms with Gasteiger partial charge in [0, 0.05) is 31.4 Å². The quantitative estimate of drug-likeness (QED) is 0.905. The van der Waals surface area contributed by atoms with Crippen molar-refractivity contribution in [3.63, 3.8) is 0 Å². The summed E-state index contributed by atoms with van der Waals surface area (Å²) in [4.78, 5) is 14.6. The van der Waals surface area contributed by atoms with Gasteiger partial charge in [0.25, 0.3) is 5.91 Å². The molecule has 21 heavy (non-hydrogen) atoms. The molecule has 0 radical (unpaired) electrons. The van der Waals surface area contributed by atoms with Crippen molar-refractivity contribution in [1.29, 1.82) is 0 Å². The van der Waals surface area contributed by atoms with Crippen LogP contribution in [0.3, 0.4) is 0 Å². The van der Waals surface area contributed by atoms with E-state index in [9.17, 15) is 4.79 Å². The normalized spacial score (nSPS) is 21.9. The third kappa shape index (κ3) is 3.58. The van der Waals surface area contributed by atoms with Crippen LogP contribution in [0.25, 0.3) is 0 Å². The van der Waals surface area contributed by atoms with Crippen LogP contribution in [0.15, 0.2) is 18.2 Å². The van der Waals surface area contributed by atoms with E-state index >= 15 is 0 Å². The van der Waals surface area contributed by atoms with Crippen LogP contribution in [0.5, 0.6) is 0 Å². The molecule has 3 heteroatoms. The Morgan fingerprint density at radius 1 is 1.29 bits per heavy atom. The molecule has 1 N–H and O–H groups in total. The number of nitrogens with one attached hydrogen (secondary N) is 1. The summed E-state index contributed by atoms with van der Waals surface area (Å²) in [5, 5.41) is 3.14. The topological polar surface area (TPSA) is 32.3 Å². The van der Waals surface area contributed by atoms with Gasteiger partial charge in [0.2, 0.25) is 0 Å². The van der Waals surface area contributed by atoms with E-state index in [4.69, 9.17) is 0 Å². The average Bonchev–Trinajstić information content (AvgIpc) is 2.53. The second-order valence-electron chi connectivity index (χ2n) is 6.28. The second kappa shape index (κ2) is 6.97. The molecule has 1 aromatic carbocycles. The van der Waals surface area contributed by atoms with Crippen molar-refractivity contribution in [3.05, 3.63) is 29.3 Å². The molecular formula is C18H28N2O. The fourth-order valence-corrected chi connectivity index (χ4v) is 3.39. The van der Waals surface area contributed by atoms with Crippen LogP contribution in [0.1, 0.15) is 54.9 Å². The monoisotopic (exact) mass is 288 g/mol. The molecular weight excluding hydrogens is 260 g/mol. The molecule has 0 aliphatic heterocycles. The predicted molar refractivity (Wildman–Crippen MR) is 88.9 cm³/mol. The first-order chi connectivity index (χ1) is 10.1. The molecule has 1 aliphatic rings. The van der Waals surface area contributed by atoms with Crippen molar-refractivity contribution < 1.29 is 4.79 Å². The van der Waals surface area contributed by atoms with E-state index in [2.05, 4.69) is 12.2 Å². The maximum absolute atomic E-state index is 12.7. The van der Waals surface area contributed by atoms with Crippen molar-refractivity contribution in [3.8, 4) is 0 Å². The minimum absolute atomic E-state index is 0.153. The zero-order valence-corrected chi connectivity index (χ0v) is 13.8. The molecule has 1 aliphatic carbocycles. The molecule has 1 amide bonds. The summed E-state index contributed by atoms with van der Waals surface area (Å²) < 4.78 is 0. The summed E-state index contributed by atoms with van der Waals surface area (Å²) in [6.45, 7) is 4.31. The second-order valence-corrected chi connectivity index (χ2v) is 6.28. The van der Waals surface area contributed by atoms with Gasteiger partial charge in [-0.3, -0.25) is 4.79 Å². The largest absolute Gasteiger partial charge is 0.388 e. The number of carbonyl (C=O) groups excluding carboxylic acids is 1. The molecule has 3 nitrogen and oxygen atoms in total. The summed E-state index contributed by atoms with van der Waals surface area (Å²) in [7, 11) is 3.86. The van der Waals surface area contributed by atoms with Crippen molar-refractivity contribution in [1.82, 2.24) is 4.90 Å². The van der Waals surface area contributed by atoms with Crippen LogP contribution < -0.4 is 5.32 Å². The van der Waals surface area contributed by atoms with Gasteiger partial charge in [0.15, 0.2) is 0 Å². The van der Waals surface area contributed by atoms with E-state index in [-0.39, 0.29) is 5.91 Å². The molecule has 116 valence electrons. The van der Waals surface area contributed by atoms with E-state index in [0.717, 1.165) is 35.6 Å². The van der Waals surface area contributed by atoms with E-state index in [1.807, 2.05) is 44.1 Å². The van der Waals surface area contributed by atoms with Crippen molar-refractivity contribution in [2.24, 2.45) is 5.92 Å². The van der Waals surface area contributed by atoms with Crippen LogP contribution in [0.4, 0.5) is 5.69 Å². The summed E-state index contributed by atoms with van der Waals surface area (Å²) >= 11 is 0. The van der Waals surface area contributed by atoms with Gasteiger partial charge in [-0.1, -0.05) is 13.3 Å². The molecule has 0 aromatic heterocycles. The average molecular weight is 288 g/mol. The highest BCUT2D eigenvalue weighted by Crippen LogP contribution is 2.29. The standard InChI is InChI=1S/C18H28N2O/c1-5-14-6-9-16(10-7-14)20(4)18(21)15-8-11-17(19-3)13(2)12-15/h8,11-12,14,16,19H,5-7,9-10H2,1-4H3. The zero-order valence-electron chi connectivity index (χ0n) is 13.8. The van der Waals surface area contributed by atoms with Gasteiger partial charge in [0.05, 0.1) is 0 Å². The van der Waals surface area contributed by atoms with E-state index in [0.29, 0.717) is 6.04 Å². The first-order valence-electron chi connectivity index (χ1n) is 8.12. The Morgan fingerprint density at radius 3 is 2.48 bits per heavy atom. The van der Waals surface area contributed by atoms with Gasteiger partial charge in [0.1, 0.15) is 0 Å². The summed E-state index contributed by atoms with van der Waals surface area (Å²) in [6, 6.07) is 6.31. The molecule has 0 bridgehead atoms. The minimum Gasteiger partial charge on any atom is -0.388 e. The van der Waals surface area contributed by atoms with Crippen LogP contribution in [0, 0.1) is 12.8 Å². The Balaban J connectivity index is 2.04. The fraction of sp³-hybridized carbons (Fsp3) is 0.611. The van der Waals surface area contributed by atoms with Crippen molar-refractivity contribution in [2.75, 3.05) is 19.4 Å². The number of hydrogen-bond donors (Lipinski definition) is 1. The van der Waals surface area contributed by atoms with Crippen molar-refractivity contribution >= 4 is 11.6 Å². The molecule has 0 saturated heterocycles. The Morgan fingerprint density at radius 2 is 1.95 bits per heavy atom. The number of amides is 1. The lowest BCUT2D eigenvalue weighted by Gasteiger charge is -2.34. The van der Waals surface area contributed by atoms with E-state index in [1.165, 1.54) is 19.3 Å². The molecule has 2 rings (SSSR count). The third-order valence-corrected chi connectivity index (χ3v) is 5.00. The lowest BCUT2D eigenvalue weighted by molar-refractivity contribution is 0.0674. The Bertz CT molecular complexity index is 490. The highest BCUT2D eigenvalue weighted by Gasteiger charge is 2.26. The lowest BCUT2D eigenvalue weighted by Crippen LogP contribution is -2.39. The maximum Gasteiger partial charge on any atom is 0.253 e. The third-order valence-electron chi connectivity index (χ3n) is 5.00. The number of hydrogen-bond acceptors (Lipinski definition) is 2. The van der Waals surface area contributed by atoms with Crippen LogP contribution in [-0.2, 0) is 0 Å². The van der Waals surface area contributed by atoms with Crippen LogP contribution in [-0.4, -0.2) is 30.9 Å². The Hall–Kier alpha value is -1.51. The lowest BCUT2D eigenvalue weighted by atomic mass is 9.84. The fourth-order valence-electron chi connectivity index (χ4n) is 3.39. The van der Waals surface area contributed by atoms with E-state index < -0.39 is 0 Å². The van der Waals surface area contributed by atoms with Gasteiger partial charge in [-0.15, -0.1) is 0 Å². The highest BCUT2D eigenvalue weighted by molar-refractivity contribution is 5.95. The summed E-state index contributed by atoms with van der Waals surface area (Å²) in [5.41, 5.74) is 3.00. The van der Waals surface area contributed by atoms with E-state index in [1.54, 1.807) is 0 Å². The van der Waals surface area contributed by atoms with Crippen LogP contribution in [0.2, 0.25) is 0 Å². The number of aryl methyl sites for hydroxylation is 1. The van der Waals surface area contributed by atoms with Gasteiger partial charge in [-0.2, -0.15) is 0 Å². The smallest absolute Gasteiger partial charge is 0.253 e. The maximum atomic E-state index is 12.7. The highest BCUT2D eigenvalue weighted by atomic mass is 16.2. The molecule has 0 heterocycles. The minimum atomic E-state index is 0.153. The number of anilines is 1. The van der Waals surface area contributed by atoms with Gasteiger partial charge >= 0.3 is 0 Å². The van der Waals surface area contributed by atoms with Gasteiger partial charge in [-0.25, -0.2) is 0 Å². The summed E-state index contributed by atoms with van der Waals surface area (Å²) in [6.07, 6.45) is 6.09. The first kappa shape index (κ1) is 15.9.